The fraction of sp³-hybridized carbons (Fsp3) is 0. The molecule has 3 rings (SSSR count). The van der Waals surface area contributed by atoms with E-state index in [1.54, 1.807) is 0 Å². The van der Waals surface area contributed by atoms with Crippen LogP contribution in [0.15, 0.2) is 36.4 Å². The summed E-state index contributed by atoms with van der Waals surface area (Å²) in [7, 11) is 0. The minimum atomic E-state index is 1.22. The van der Waals surface area contributed by atoms with E-state index in [2.05, 4.69) is 86.6 Å². The first kappa shape index (κ1) is 9.89. The van der Waals surface area contributed by atoms with E-state index >= 15 is 0 Å². The van der Waals surface area contributed by atoms with Gasteiger partial charge in [-0.1, -0.05) is 12.1 Å². The number of hydrogen-bond acceptors (Lipinski definition) is 0. The van der Waals surface area contributed by atoms with Crippen LogP contribution in [-0.2, 0) is 0 Å². The summed E-state index contributed by atoms with van der Waals surface area (Å²) >= 11 is 4.72. The lowest BCUT2D eigenvalue weighted by atomic mass is 10.2. The van der Waals surface area contributed by atoms with Crippen LogP contribution >= 0.6 is 45.2 Å². The number of rotatable bonds is 0. The van der Waals surface area contributed by atoms with Gasteiger partial charge < -0.3 is 4.98 Å². The van der Waals surface area contributed by atoms with Crippen LogP contribution in [0.3, 0.4) is 0 Å². The van der Waals surface area contributed by atoms with Gasteiger partial charge in [0, 0.05) is 23.4 Å². The number of para-hydroxylation sites is 1. The molecule has 0 saturated carbocycles. The molecule has 0 atom stereocenters. The van der Waals surface area contributed by atoms with Crippen molar-refractivity contribution in [2.75, 3.05) is 0 Å². The van der Waals surface area contributed by atoms with Crippen molar-refractivity contribution in [1.29, 1.82) is 0 Å². The average molecular weight is 419 g/mol. The van der Waals surface area contributed by atoms with Crippen LogP contribution in [0, 0.1) is 7.14 Å². The van der Waals surface area contributed by atoms with E-state index in [0.29, 0.717) is 0 Å². The normalized spacial score (nSPS) is 11.3. The molecule has 0 aliphatic carbocycles. The van der Waals surface area contributed by atoms with E-state index in [1.165, 1.54) is 28.9 Å². The fourth-order valence-corrected chi connectivity index (χ4v) is 2.98. The highest BCUT2D eigenvalue weighted by molar-refractivity contribution is 14.1. The van der Waals surface area contributed by atoms with E-state index in [0.717, 1.165) is 0 Å². The van der Waals surface area contributed by atoms with Crippen LogP contribution in [0.1, 0.15) is 0 Å². The summed E-state index contributed by atoms with van der Waals surface area (Å²) in [6.07, 6.45) is 0. The van der Waals surface area contributed by atoms with Gasteiger partial charge in [0.25, 0.3) is 0 Å². The first-order chi connectivity index (χ1) is 7.25. The Balaban J connectivity index is 2.58. The molecular formula is C12H7I2N. The molecule has 0 spiro atoms. The van der Waals surface area contributed by atoms with Crippen molar-refractivity contribution < 1.29 is 0 Å². The highest BCUT2D eigenvalue weighted by atomic mass is 127. The van der Waals surface area contributed by atoms with Gasteiger partial charge in [0.1, 0.15) is 0 Å². The van der Waals surface area contributed by atoms with Crippen LogP contribution in [0.25, 0.3) is 21.8 Å². The molecule has 0 aliphatic rings. The van der Waals surface area contributed by atoms with Gasteiger partial charge in [0.2, 0.25) is 0 Å². The number of halogens is 2. The molecule has 0 fully saturated rings. The monoisotopic (exact) mass is 419 g/mol. The maximum absolute atomic E-state index is 3.46. The number of benzene rings is 2. The number of H-pyrrole nitrogens is 1. The van der Waals surface area contributed by atoms with Crippen molar-refractivity contribution in [2.45, 2.75) is 0 Å². The van der Waals surface area contributed by atoms with Gasteiger partial charge in [-0.15, -0.1) is 0 Å². The predicted octanol–water partition coefficient (Wildman–Crippen LogP) is 4.53. The minimum absolute atomic E-state index is 1.22. The predicted molar refractivity (Wildman–Crippen MR) is 81.2 cm³/mol. The van der Waals surface area contributed by atoms with Crippen LogP contribution < -0.4 is 0 Å². The van der Waals surface area contributed by atoms with E-state index in [1.807, 2.05) is 0 Å². The fourth-order valence-electron chi connectivity index (χ4n) is 1.86. The van der Waals surface area contributed by atoms with Gasteiger partial charge in [-0.25, -0.2) is 0 Å². The van der Waals surface area contributed by atoms with Crippen molar-refractivity contribution in [3.05, 3.63) is 43.5 Å². The second-order valence-corrected chi connectivity index (χ2v) is 5.89. The summed E-state index contributed by atoms with van der Waals surface area (Å²) in [6, 6.07) is 12.9. The van der Waals surface area contributed by atoms with E-state index < -0.39 is 0 Å². The van der Waals surface area contributed by atoms with Crippen molar-refractivity contribution in [3.63, 3.8) is 0 Å². The molecule has 0 aliphatic heterocycles. The average Bonchev–Trinajstić information content (AvgIpc) is 2.58. The molecule has 1 nitrogen and oxygen atoms in total. The summed E-state index contributed by atoms with van der Waals surface area (Å²) in [5.41, 5.74) is 2.46. The summed E-state index contributed by atoms with van der Waals surface area (Å²) in [5, 5.41) is 2.63. The van der Waals surface area contributed by atoms with E-state index in [9.17, 15) is 0 Å². The van der Waals surface area contributed by atoms with Gasteiger partial charge in [0.05, 0.1) is 5.52 Å². The third-order valence-electron chi connectivity index (χ3n) is 2.55. The second-order valence-electron chi connectivity index (χ2n) is 3.48. The molecule has 1 aromatic heterocycles. The quantitative estimate of drug-likeness (QED) is 0.516. The summed E-state index contributed by atoms with van der Waals surface area (Å²) in [5.74, 6) is 0. The molecule has 0 saturated heterocycles. The highest BCUT2D eigenvalue weighted by Gasteiger charge is 2.06. The Morgan fingerprint density at radius 1 is 0.933 bits per heavy atom. The van der Waals surface area contributed by atoms with Crippen LogP contribution in [0.5, 0.6) is 0 Å². The molecule has 3 heteroatoms. The Bertz CT molecular complexity index is 655. The molecule has 0 radical (unpaired) electrons. The Morgan fingerprint density at radius 3 is 2.67 bits per heavy atom. The standard InChI is InChI=1S/C12H7I2N/c13-7-4-5-11-9(6-7)8-2-1-3-10(14)12(8)15-11/h1-6,15H. The van der Waals surface area contributed by atoms with E-state index in [-0.39, 0.29) is 0 Å². The van der Waals surface area contributed by atoms with Gasteiger partial charge in [-0.2, -0.15) is 0 Å². The summed E-state index contributed by atoms with van der Waals surface area (Å²) in [4.78, 5) is 3.46. The maximum atomic E-state index is 3.46. The smallest absolute Gasteiger partial charge is 0.0600 e. The zero-order chi connectivity index (χ0) is 10.4. The van der Waals surface area contributed by atoms with Gasteiger partial charge in [-0.3, -0.25) is 0 Å². The van der Waals surface area contributed by atoms with E-state index in [4.69, 9.17) is 0 Å². The van der Waals surface area contributed by atoms with Crippen molar-refractivity contribution in [1.82, 2.24) is 4.98 Å². The van der Waals surface area contributed by atoms with Crippen molar-refractivity contribution in [3.8, 4) is 0 Å². The lowest BCUT2D eigenvalue weighted by Gasteiger charge is -1.93. The number of fused-ring (bicyclic) bond motifs is 3. The molecule has 3 aromatic rings. The minimum Gasteiger partial charge on any atom is -0.354 e. The number of aromatic amines is 1. The highest BCUT2D eigenvalue weighted by Crippen LogP contribution is 2.29. The summed E-state index contributed by atoms with van der Waals surface area (Å²) in [6.45, 7) is 0. The number of nitrogens with one attached hydrogen (secondary N) is 1. The first-order valence-corrected chi connectivity index (χ1v) is 6.77. The van der Waals surface area contributed by atoms with Gasteiger partial charge in [-0.05, 0) is 69.4 Å². The topological polar surface area (TPSA) is 15.8 Å². The van der Waals surface area contributed by atoms with Crippen LogP contribution in [0.4, 0.5) is 0 Å². The third-order valence-corrected chi connectivity index (χ3v) is 4.12. The first-order valence-electron chi connectivity index (χ1n) is 4.61. The zero-order valence-corrected chi connectivity index (χ0v) is 12.0. The molecular weight excluding hydrogens is 412 g/mol. The largest absolute Gasteiger partial charge is 0.354 e. The molecule has 1 heterocycles. The molecule has 0 unspecified atom stereocenters. The Kier molecular flexibility index (Phi) is 2.39. The molecule has 2 aromatic carbocycles. The lowest BCUT2D eigenvalue weighted by molar-refractivity contribution is 1.52. The van der Waals surface area contributed by atoms with Gasteiger partial charge in [0.15, 0.2) is 0 Å². The summed E-state index contributed by atoms with van der Waals surface area (Å²) < 4.78 is 2.55. The van der Waals surface area contributed by atoms with Crippen LogP contribution in [-0.4, -0.2) is 4.98 Å². The van der Waals surface area contributed by atoms with Gasteiger partial charge >= 0.3 is 0 Å². The van der Waals surface area contributed by atoms with Crippen molar-refractivity contribution >= 4 is 67.0 Å². The lowest BCUT2D eigenvalue weighted by Crippen LogP contribution is -1.72. The number of hydrogen-bond donors (Lipinski definition) is 1. The molecule has 1 N–H and O–H groups in total. The SMILES string of the molecule is Ic1ccc2[nH]c3c(I)cccc3c2c1. The zero-order valence-electron chi connectivity index (χ0n) is 7.72. The Morgan fingerprint density at radius 2 is 1.80 bits per heavy atom. The molecule has 74 valence electrons. The van der Waals surface area contributed by atoms with Crippen LogP contribution in [0.2, 0.25) is 0 Å². The molecule has 0 amide bonds. The Hall–Kier alpha value is -0.300. The molecule has 0 bridgehead atoms. The second kappa shape index (κ2) is 3.62. The number of aromatic nitrogens is 1. The molecule has 15 heavy (non-hydrogen) atoms. The maximum Gasteiger partial charge on any atom is 0.0600 e. The van der Waals surface area contributed by atoms with Crippen molar-refractivity contribution in [2.24, 2.45) is 0 Å². The third kappa shape index (κ3) is 1.56. The Labute approximate surface area is 115 Å².